The lowest BCUT2D eigenvalue weighted by Gasteiger charge is -2.30. The first kappa shape index (κ1) is 11.9. The number of hydrogen-bond donors (Lipinski definition) is 1. The van der Waals surface area contributed by atoms with Gasteiger partial charge in [-0.25, -0.2) is 4.98 Å². The van der Waals surface area contributed by atoms with Gasteiger partial charge in [0.1, 0.15) is 0 Å². The highest BCUT2D eigenvalue weighted by Gasteiger charge is 2.18. The van der Waals surface area contributed by atoms with E-state index in [1.807, 2.05) is 24.8 Å². The predicted octanol–water partition coefficient (Wildman–Crippen LogP) is 3.15. The average Bonchev–Trinajstić information content (AvgIpc) is 2.76. The molecular formula is C13H15N3S2. The summed E-state index contributed by atoms with van der Waals surface area (Å²) in [6, 6.07) is 6.16. The third-order valence-electron chi connectivity index (χ3n) is 2.96. The van der Waals surface area contributed by atoms with E-state index in [2.05, 4.69) is 27.4 Å². The molecule has 0 bridgehead atoms. The summed E-state index contributed by atoms with van der Waals surface area (Å²) in [6.07, 6.45) is 0. The first-order valence-electron chi connectivity index (χ1n) is 5.90. The highest BCUT2D eigenvalue weighted by Crippen LogP contribution is 2.36. The van der Waals surface area contributed by atoms with Crippen molar-refractivity contribution >= 4 is 34.5 Å². The number of nitrogens with two attached hydrogens (primary N) is 1. The second-order valence-corrected chi connectivity index (χ2v) is 6.55. The molecule has 2 aromatic rings. The summed E-state index contributed by atoms with van der Waals surface area (Å²) in [6.45, 7) is 3.98. The molecule has 0 unspecified atom stereocenters. The molecule has 1 aromatic heterocycles. The van der Waals surface area contributed by atoms with Crippen LogP contribution >= 0.6 is 23.1 Å². The zero-order chi connectivity index (χ0) is 12.5. The Balaban J connectivity index is 1.88. The van der Waals surface area contributed by atoms with Gasteiger partial charge in [0.25, 0.3) is 0 Å². The fraction of sp³-hybridized carbons (Fsp3) is 0.308. The van der Waals surface area contributed by atoms with Crippen molar-refractivity contribution in [2.45, 2.75) is 18.4 Å². The molecule has 0 radical (unpaired) electrons. The predicted molar refractivity (Wildman–Crippen MR) is 79.5 cm³/mol. The van der Waals surface area contributed by atoms with Crippen LogP contribution in [0.4, 0.5) is 11.4 Å². The molecule has 0 aliphatic carbocycles. The van der Waals surface area contributed by atoms with Crippen molar-refractivity contribution in [1.29, 1.82) is 0 Å². The van der Waals surface area contributed by atoms with Crippen LogP contribution in [-0.2, 0) is 6.54 Å². The number of aryl methyl sites for hydroxylation is 1. The molecule has 5 heteroatoms. The van der Waals surface area contributed by atoms with Crippen molar-refractivity contribution in [2.75, 3.05) is 22.9 Å². The van der Waals surface area contributed by atoms with Gasteiger partial charge in [-0.1, -0.05) is 0 Å². The molecule has 1 aliphatic heterocycles. The van der Waals surface area contributed by atoms with E-state index in [0.29, 0.717) is 0 Å². The van der Waals surface area contributed by atoms with Crippen LogP contribution in [-0.4, -0.2) is 17.3 Å². The smallest absolute Gasteiger partial charge is 0.0898 e. The highest BCUT2D eigenvalue weighted by atomic mass is 32.2. The van der Waals surface area contributed by atoms with Crippen molar-refractivity contribution in [2.24, 2.45) is 0 Å². The third kappa shape index (κ3) is 2.33. The molecule has 94 valence electrons. The molecule has 2 heterocycles. The molecule has 0 spiro atoms. The van der Waals surface area contributed by atoms with Gasteiger partial charge in [0.05, 0.1) is 22.9 Å². The Hall–Kier alpha value is -1.20. The van der Waals surface area contributed by atoms with Crippen LogP contribution in [0.3, 0.4) is 0 Å². The Kier molecular flexibility index (Phi) is 3.18. The summed E-state index contributed by atoms with van der Waals surface area (Å²) < 4.78 is 0. The van der Waals surface area contributed by atoms with Crippen LogP contribution < -0.4 is 10.6 Å². The standard InChI is InChI=1S/C13H15N3S2/c1-9-15-11(8-18-9)7-16-4-5-17-13-3-2-10(14)6-12(13)16/h2-3,6,8H,4-5,7,14H2,1H3. The topological polar surface area (TPSA) is 42.2 Å². The van der Waals surface area contributed by atoms with Gasteiger partial charge in [0.2, 0.25) is 0 Å². The number of anilines is 2. The number of aromatic nitrogens is 1. The lowest BCUT2D eigenvalue weighted by Crippen LogP contribution is -2.28. The fourth-order valence-corrected chi connectivity index (χ4v) is 3.77. The number of benzene rings is 1. The molecule has 3 nitrogen and oxygen atoms in total. The molecule has 0 fully saturated rings. The van der Waals surface area contributed by atoms with Gasteiger partial charge in [0.15, 0.2) is 0 Å². The Bertz CT molecular complexity index is 565. The van der Waals surface area contributed by atoms with Gasteiger partial charge in [-0.05, 0) is 25.1 Å². The van der Waals surface area contributed by atoms with Crippen molar-refractivity contribution < 1.29 is 0 Å². The summed E-state index contributed by atoms with van der Waals surface area (Å²) in [4.78, 5) is 8.23. The number of hydrogen-bond acceptors (Lipinski definition) is 5. The quantitative estimate of drug-likeness (QED) is 0.856. The first-order chi connectivity index (χ1) is 8.72. The van der Waals surface area contributed by atoms with Crippen molar-refractivity contribution in [3.8, 4) is 0 Å². The van der Waals surface area contributed by atoms with Crippen molar-refractivity contribution in [1.82, 2.24) is 4.98 Å². The normalized spacial score (nSPS) is 14.6. The number of fused-ring (bicyclic) bond motifs is 1. The lowest BCUT2D eigenvalue weighted by atomic mass is 10.2. The second-order valence-electron chi connectivity index (χ2n) is 4.36. The summed E-state index contributed by atoms with van der Waals surface area (Å²) in [5.41, 5.74) is 9.12. The number of thioether (sulfide) groups is 1. The fourth-order valence-electron chi connectivity index (χ4n) is 2.13. The maximum Gasteiger partial charge on any atom is 0.0898 e. The molecule has 2 N–H and O–H groups in total. The van der Waals surface area contributed by atoms with Crippen LogP contribution in [0.25, 0.3) is 0 Å². The Morgan fingerprint density at radius 2 is 2.33 bits per heavy atom. The molecule has 0 saturated heterocycles. The van der Waals surface area contributed by atoms with Crippen LogP contribution in [0.5, 0.6) is 0 Å². The van der Waals surface area contributed by atoms with Crippen LogP contribution in [0, 0.1) is 6.92 Å². The van der Waals surface area contributed by atoms with E-state index in [-0.39, 0.29) is 0 Å². The molecule has 0 amide bonds. The maximum atomic E-state index is 5.89. The van der Waals surface area contributed by atoms with Gasteiger partial charge in [-0.2, -0.15) is 0 Å². The molecule has 3 rings (SSSR count). The molecule has 1 aromatic carbocycles. The van der Waals surface area contributed by atoms with Crippen LogP contribution in [0.2, 0.25) is 0 Å². The SMILES string of the molecule is Cc1nc(CN2CCSc3ccc(N)cc32)cs1. The summed E-state index contributed by atoms with van der Waals surface area (Å²) in [7, 11) is 0. The minimum atomic E-state index is 0.829. The second kappa shape index (κ2) is 4.82. The van der Waals surface area contributed by atoms with E-state index in [4.69, 9.17) is 5.73 Å². The minimum absolute atomic E-state index is 0.829. The van der Waals surface area contributed by atoms with Gasteiger partial charge >= 0.3 is 0 Å². The molecular weight excluding hydrogens is 262 g/mol. The van der Waals surface area contributed by atoms with E-state index < -0.39 is 0 Å². The number of thiazole rings is 1. The zero-order valence-electron chi connectivity index (χ0n) is 10.2. The minimum Gasteiger partial charge on any atom is -0.399 e. The van der Waals surface area contributed by atoms with Gasteiger partial charge < -0.3 is 10.6 Å². The van der Waals surface area contributed by atoms with E-state index in [1.54, 1.807) is 11.3 Å². The van der Waals surface area contributed by atoms with E-state index in [0.717, 1.165) is 35.2 Å². The first-order valence-corrected chi connectivity index (χ1v) is 7.77. The molecule has 1 aliphatic rings. The van der Waals surface area contributed by atoms with Crippen LogP contribution in [0.15, 0.2) is 28.5 Å². The lowest BCUT2D eigenvalue weighted by molar-refractivity contribution is 0.800. The monoisotopic (exact) mass is 277 g/mol. The van der Waals surface area contributed by atoms with Crippen molar-refractivity contribution in [3.63, 3.8) is 0 Å². The summed E-state index contributed by atoms with van der Waals surface area (Å²) in [5, 5.41) is 3.27. The van der Waals surface area contributed by atoms with E-state index in [9.17, 15) is 0 Å². The Labute approximate surface area is 115 Å². The average molecular weight is 277 g/mol. The van der Waals surface area contributed by atoms with Gasteiger partial charge in [0, 0.05) is 28.3 Å². The molecule has 0 saturated carbocycles. The number of rotatable bonds is 2. The summed E-state index contributed by atoms with van der Waals surface area (Å²) >= 11 is 3.61. The number of nitrogen functional groups attached to an aromatic ring is 1. The zero-order valence-corrected chi connectivity index (χ0v) is 11.9. The highest BCUT2D eigenvalue weighted by molar-refractivity contribution is 7.99. The van der Waals surface area contributed by atoms with E-state index >= 15 is 0 Å². The summed E-state index contributed by atoms with van der Waals surface area (Å²) in [5.74, 6) is 1.13. The van der Waals surface area contributed by atoms with Crippen LogP contribution in [0.1, 0.15) is 10.7 Å². The number of nitrogens with zero attached hydrogens (tertiary/aromatic N) is 2. The largest absolute Gasteiger partial charge is 0.399 e. The molecule has 18 heavy (non-hydrogen) atoms. The van der Waals surface area contributed by atoms with Gasteiger partial charge in [-0.3, -0.25) is 0 Å². The Morgan fingerprint density at radius 3 is 3.11 bits per heavy atom. The van der Waals surface area contributed by atoms with Crippen molar-refractivity contribution in [3.05, 3.63) is 34.3 Å². The third-order valence-corrected chi connectivity index (χ3v) is 4.83. The van der Waals surface area contributed by atoms with E-state index in [1.165, 1.54) is 10.6 Å². The maximum absolute atomic E-state index is 5.89. The van der Waals surface area contributed by atoms with Gasteiger partial charge in [-0.15, -0.1) is 23.1 Å². The molecule has 0 atom stereocenters. The Morgan fingerprint density at radius 1 is 1.44 bits per heavy atom.